The van der Waals surface area contributed by atoms with Crippen LogP contribution in [0.25, 0.3) is 0 Å². The number of Topliss-reactive ketones (excluding diaryl/α,β-unsaturated/α-hetero) is 1. The number of carbonyl (C=O) groups excluding carboxylic acids is 1. The summed E-state index contributed by atoms with van der Waals surface area (Å²) in [5.41, 5.74) is 3.02. The maximum atomic E-state index is 12.0. The lowest BCUT2D eigenvalue weighted by Crippen LogP contribution is -2.50. The molecule has 3 unspecified atom stereocenters. The Hall–Kier alpha value is -1.49. The number of allylic oxidation sites excluding steroid dienone is 3. The summed E-state index contributed by atoms with van der Waals surface area (Å²) < 4.78 is 6.16. The van der Waals surface area contributed by atoms with Gasteiger partial charge in [0.05, 0.1) is 12.4 Å². The summed E-state index contributed by atoms with van der Waals surface area (Å²) >= 11 is 0. The van der Waals surface area contributed by atoms with E-state index < -0.39 is 0 Å². The van der Waals surface area contributed by atoms with Crippen molar-refractivity contribution in [3.05, 3.63) is 23.0 Å². The fourth-order valence-electron chi connectivity index (χ4n) is 6.78. The molecular formula is C21H24O2. The van der Waals surface area contributed by atoms with E-state index in [1.165, 1.54) is 29.7 Å². The molecule has 5 aliphatic rings. The summed E-state index contributed by atoms with van der Waals surface area (Å²) in [5.74, 6) is 6.61. The second-order valence-electron chi connectivity index (χ2n) is 8.60. The molecule has 0 aromatic carbocycles. The molecular weight excluding hydrogens is 284 g/mol. The van der Waals surface area contributed by atoms with Gasteiger partial charge in [0.15, 0.2) is 0 Å². The predicted molar refractivity (Wildman–Crippen MR) is 88.2 cm³/mol. The molecule has 0 N–H and O–H groups in total. The Kier molecular flexibility index (Phi) is 2.61. The number of fused-ring (bicyclic) bond motifs is 3. The summed E-state index contributed by atoms with van der Waals surface area (Å²) in [6.07, 6.45) is 15.2. The summed E-state index contributed by atoms with van der Waals surface area (Å²) in [5, 5.41) is 0. The highest BCUT2D eigenvalue weighted by atomic mass is 16.5. The van der Waals surface area contributed by atoms with Crippen molar-refractivity contribution < 1.29 is 9.53 Å². The van der Waals surface area contributed by atoms with Crippen molar-refractivity contribution in [3.8, 4) is 12.3 Å². The van der Waals surface area contributed by atoms with E-state index in [1.54, 1.807) is 0 Å². The third-order valence-electron chi connectivity index (χ3n) is 7.97. The molecule has 120 valence electrons. The van der Waals surface area contributed by atoms with E-state index in [0.717, 1.165) is 32.3 Å². The number of carbonyl (C=O) groups is 1. The van der Waals surface area contributed by atoms with Crippen LogP contribution in [0, 0.1) is 40.9 Å². The van der Waals surface area contributed by atoms with E-state index in [2.05, 4.69) is 18.9 Å². The number of ether oxygens (including phenoxy) is 1. The van der Waals surface area contributed by atoms with Crippen LogP contribution in [0.4, 0.5) is 0 Å². The molecule has 23 heavy (non-hydrogen) atoms. The van der Waals surface area contributed by atoms with Gasteiger partial charge in [0.2, 0.25) is 0 Å². The van der Waals surface area contributed by atoms with Crippen LogP contribution in [-0.4, -0.2) is 12.4 Å². The van der Waals surface area contributed by atoms with Gasteiger partial charge in [-0.25, -0.2) is 0 Å². The van der Waals surface area contributed by atoms with Crippen molar-refractivity contribution >= 4 is 5.78 Å². The van der Waals surface area contributed by atoms with E-state index in [-0.39, 0.29) is 10.8 Å². The van der Waals surface area contributed by atoms with E-state index in [0.29, 0.717) is 30.0 Å². The first kappa shape index (κ1) is 13.9. The Morgan fingerprint density at radius 1 is 1.35 bits per heavy atom. The molecule has 2 fully saturated rings. The molecule has 0 spiro atoms. The molecule has 5 atom stereocenters. The van der Waals surface area contributed by atoms with Crippen LogP contribution in [0.2, 0.25) is 0 Å². The number of hydrogen-bond donors (Lipinski definition) is 0. The van der Waals surface area contributed by atoms with E-state index in [4.69, 9.17) is 11.2 Å². The minimum absolute atomic E-state index is 0.187. The van der Waals surface area contributed by atoms with E-state index >= 15 is 0 Å². The second-order valence-corrected chi connectivity index (χ2v) is 8.60. The van der Waals surface area contributed by atoms with Crippen molar-refractivity contribution in [2.45, 2.75) is 51.9 Å². The van der Waals surface area contributed by atoms with Crippen molar-refractivity contribution in [2.75, 3.05) is 6.61 Å². The maximum Gasteiger partial charge on any atom is 0.137 e. The lowest BCUT2D eigenvalue weighted by molar-refractivity contribution is -0.122. The fraction of sp³-hybridized carbons (Fsp3) is 0.667. The Labute approximate surface area is 138 Å². The molecule has 0 radical (unpaired) electrons. The van der Waals surface area contributed by atoms with Crippen LogP contribution < -0.4 is 0 Å². The molecule has 2 heteroatoms. The lowest BCUT2D eigenvalue weighted by Gasteiger charge is -2.55. The van der Waals surface area contributed by atoms with Crippen molar-refractivity contribution in [1.29, 1.82) is 0 Å². The van der Waals surface area contributed by atoms with Gasteiger partial charge in [-0.3, -0.25) is 4.79 Å². The quantitative estimate of drug-likeness (QED) is 0.632. The van der Waals surface area contributed by atoms with Gasteiger partial charge < -0.3 is 4.74 Å². The molecule has 2 bridgehead atoms. The molecule has 5 rings (SSSR count). The van der Waals surface area contributed by atoms with Gasteiger partial charge in [0.25, 0.3) is 0 Å². The SMILES string of the molecule is C#CC1=CCC2C3CC4=C5CC(=O)CC[C@]5(CO4)C3CC[C@]12C. The monoisotopic (exact) mass is 308 g/mol. The Morgan fingerprint density at radius 3 is 3.04 bits per heavy atom. The zero-order chi connectivity index (χ0) is 15.8. The Bertz CT molecular complexity index is 706. The van der Waals surface area contributed by atoms with Gasteiger partial charge in [0, 0.05) is 35.7 Å². The second kappa shape index (κ2) is 4.32. The minimum atomic E-state index is 0.187. The van der Waals surface area contributed by atoms with Crippen LogP contribution >= 0.6 is 0 Å². The average Bonchev–Trinajstić information content (AvgIpc) is 3.01. The summed E-state index contributed by atoms with van der Waals surface area (Å²) in [6, 6.07) is 0. The maximum absolute atomic E-state index is 12.0. The van der Waals surface area contributed by atoms with E-state index in [9.17, 15) is 4.79 Å². The smallest absolute Gasteiger partial charge is 0.137 e. The topological polar surface area (TPSA) is 26.3 Å². The largest absolute Gasteiger partial charge is 0.497 e. The highest BCUT2D eigenvalue weighted by molar-refractivity contribution is 5.83. The van der Waals surface area contributed by atoms with Crippen LogP contribution in [0.3, 0.4) is 0 Å². The molecule has 0 amide bonds. The van der Waals surface area contributed by atoms with Crippen LogP contribution in [-0.2, 0) is 9.53 Å². The Balaban J connectivity index is 1.57. The molecule has 0 aromatic heterocycles. The molecule has 2 saturated carbocycles. The molecule has 0 saturated heterocycles. The number of terminal acetylenes is 1. The first-order valence-electron chi connectivity index (χ1n) is 9.13. The third-order valence-corrected chi connectivity index (χ3v) is 7.97. The normalized spacial score (nSPS) is 47.2. The summed E-state index contributed by atoms with van der Waals surface area (Å²) in [7, 11) is 0. The van der Waals surface area contributed by atoms with Crippen molar-refractivity contribution in [3.63, 3.8) is 0 Å². The zero-order valence-corrected chi connectivity index (χ0v) is 13.9. The average molecular weight is 308 g/mol. The highest BCUT2D eigenvalue weighted by Crippen LogP contribution is 2.67. The molecule has 4 aliphatic carbocycles. The molecule has 1 aliphatic heterocycles. The van der Waals surface area contributed by atoms with Crippen LogP contribution in [0.1, 0.15) is 51.9 Å². The number of rotatable bonds is 0. The summed E-state index contributed by atoms with van der Waals surface area (Å²) in [4.78, 5) is 12.0. The first-order valence-corrected chi connectivity index (χ1v) is 9.13. The van der Waals surface area contributed by atoms with Gasteiger partial charge in [-0.2, -0.15) is 0 Å². The number of ketones is 1. The predicted octanol–water partition coefficient (Wildman–Crippen LogP) is 4.03. The van der Waals surface area contributed by atoms with Crippen molar-refractivity contribution in [2.24, 2.45) is 28.6 Å². The van der Waals surface area contributed by atoms with Gasteiger partial charge in [-0.1, -0.05) is 18.9 Å². The summed E-state index contributed by atoms with van der Waals surface area (Å²) in [6.45, 7) is 3.23. The molecule has 1 heterocycles. The van der Waals surface area contributed by atoms with Crippen molar-refractivity contribution in [1.82, 2.24) is 0 Å². The van der Waals surface area contributed by atoms with Crippen LogP contribution in [0.5, 0.6) is 0 Å². The minimum Gasteiger partial charge on any atom is -0.497 e. The van der Waals surface area contributed by atoms with E-state index in [1.807, 2.05) is 0 Å². The lowest BCUT2D eigenvalue weighted by atomic mass is 9.47. The highest BCUT2D eigenvalue weighted by Gasteiger charge is 2.62. The standard InChI is InChI=1S/C21H24O2/c1-3-13-4-5-16-15-11-19-18-10-14(22)6-9-21(18,12-23-19)17(15)7-8-20(13,16)2/h1,4,15-17H,5-12H2,2H3/t15?,16?,17?,20-,21+/m1/s1. The van der Waals surface area contributed by atoms with Crippen LogP contribution in [0.15, 0.2) is 23.0 Å². The molecule has 0 aromatic rings. The first-order chi connectivity index (χ1) is 11.1. The van der Waals surface area contributed by atoms with Gasteiger partial charge >= 0.3 is 0 Å². The Morgan fingerprint density at radius 2 is 2.22 bits per heavy atom. The van der Waals surface area contributed by atoms with Gasteiger partial charge in [-0.05, 0) is 49.0 Å². The van der Waals surface area contributed by atoms with Gasteiger partial charge in [-0.15, -0.1) is 6.42 Å². The number of hydrogen-bond acceptors (Lipinski definition) is 2. The third kappa shape index (κ3) is 1.54. The fourth-order valence-corrected chi connectivity index (χ4v) is 6.78. The van der Waals surface area contributed by atoms with Gasteiger partial charge in [0.1, 0.15) is 5.78 Å². The molecule has 2 nitrogen and oxygen atoms in total. The zero-order valence-electron chi connectivity index (χ0n) is 13.9.